The molecule has 1 rings (SSSR count). The zero-order valence-corrected chi connectivity index (χ0v) is 8.48. The topological polar surface area (TPSA) is 63.4 Å². The third-order valence-electron chi connectivity index (χ3n) is 1.66. The van der Waals surface area contributed by atoms with Crippen molar-refractivity contribution in [2.24, 2.45) is 0 Å². The van der Waals surface area contributed by atoms with Gasteiger partial charge < -0.3 is 5.11 Å². The number of phenolic OH excluding ortho intramolecular Hbond substituents is 1. The van der Waals surface area contributed by atoms with E-state index < -0.39 is 4.92 Å². The number of alkyl halides is 1. The molecule has 0 spiro atoms. The maximum Gasteiger partial charge on any atom is 0.314 e. The summed E-state index contributed by atoms with van der Waals surface area (Å²) in [4.78, 5) is 9.84. The lowest BCUT2D eigenvalue weighted by atomic mass is 10.1. The van der Waals surface area contributed by atoms with E-state index in [2.05, 4.69) is 15.9 Å². The molecular weight excluding hydrogens is 238 g/mol. The molecule has 70 valence electrons. The average Bonchev–Trinajstić information content (AvgIpc) is 2.02. The summed E-state index contributed by atoms with van der Waals surface area (Å²) in [6.45, 7) is 1.77. The van der Waals surface area contributed by atoms with Gasteiger partial charge in [0, 0.05) is 10.4 Å². The van der Waals surface area contributed by atoms with Gasteiger partial charge in [-0.15, -0.1) is 0 Å². The lowest BCUT2D eigenvalue weighted by Crippen LogP contribution is -1.95. The predicted octanol–water partition coefficient (Wildman–Crippen LogP) is 2.76. The Kier molecular flexibility index (Phi) is 2.87. The van der Waals surface area contributed by atoms with Crippen LogP contribution in [0.2, 0.25) is 0 Å². The third-order valence-corrected chi connectivity index (χ3v) is 2.15. The molecule has 0 fully saturated rings. The van der Waals surface area contributed by atoms with Crippen molar-refractivity contribution >= 4 is 21.6 Å². The Morgan fingerprint density at radius 3 is 2.62 bits per heavy atom. The largest absolute Gasteiger partial charge is 0.502 e. The minimum absolute atomic E-state index is 0.153. The molecule has 0 aromatic heterocycles. The van der Waals surface area contributed by atoms with Crippen molar-refractivity contribution in [1.82, 2.24) is 0 Å². The van der Waals surface area contributed by atoms with E-state index in [1.54, 1.807) is 19.1 Å². The summed E-state index contributed by atoms with van der Waals surface area (Å²) in [6.07, 6.45) is 0. The Morgan fingerprint density at radius 2 is 2.23 bits per heavy atom. The van der Waals surface area contributed by atoms with E-state index in [0.717, 1.165) is 0 Å². The molecule has 13 heavy (non-hydrogen) atoms. The third kappa shape index (κ3) is 1.98. The molecule has 0 aliphatic rings. The standard InChI is InChI=1S/C8H8BrNO3/c1-5(9)6-3-2-4-7(11)8(6)10(12)13/h2-5,11H,1H3. The van der Waals surface area contributed by atoms with Gasteiger partial charge >= 0.3 is 5.69 Å². The fourth-order valence-corrected chi connectivity index (χ4v) is 1.44. The molecule has 0 saturated heterocycles. The lowest BCUT2D eigenvalue weighted by Gasteiger charge is -2.05. The smallest absolute Gasteiger partial charge is 0.314 e. The first-order valence-electron chi connectivity index (χ1n) is 3.64. The van der Waals surface area contributed by atoms with E-state index >= 15 is 0 Å². The summed E-state index contributed by atoms with van der Waals surface area (Å²) in [5.74, 6) is -0.297. The zero-order valence-electron chi connectivity index (χ0n) is 6.90. The summed E-state index contributed by atoms with van der Waals surface area (Å²) in [7, 11) is 0. The van der Waals surface area contributed by atoms with Gasteiger partial charge in [0.15, 0.2) is 5.75 Å². The fraction of sp³-hybridized carbons (Fsp3) is 0.250. The highest BCUT2D eigenvalue weighted by Gasteiger charge is 2.21. The van der Waals surface area contributed by atoms with Gasteiger partial charge in [-0.3, -0.25) is 10.1 Å². The van der Waals surface area contributed by atoms with Gasteiger partial charge in [-0.25, -0.2) is 0 Å². The van der Waals surface area contributed by atoms with Crippen LogP contribution in [0.1, 0.15) is 17.3 Å². The Hall–Kier alpha value is -1.10. The summed E-state index contributed by atoms with van der Waals surface area (Å²) in [5.41, 5.74) is 0.247. The minimum atomic E-state index is -0.581. The summed E-state index contributed by atoms with van der Waals surface area (Å²) < 4.78 is 0. The Balaban J connectivity index is 3.34. The monoisotopic (exact) mass is 245 g/mol. The van der Waals surface area contributed by atoms with Gasteiger partial charge in [0.05, 0.1) is 4.92 Å². The van der Waals surface area contributed by atoms with Crippen LogP contribution in [0.4, 0.5) is 5.69 Å². The molecule has 4 nitrogen and oxygen atoms in total. The highest BCUT2D eigenvalue weighted by atomic mass is 79.9. The number of nitro groups is 1. The van der Waals surface area contributed by atoms with Gasteiger partial charge in [0.1, 0.15) is 0 Å². The number of rotatable bonds is 2. The number of halogens is 1. The van der Waals surface area contributed by atoms with Crippen LogP contribution >= 0.6 is 15.9 Å². The quantitative estimate of drug-likeness (QED) is 0.495. The molecule has 1 N–H and O–H groups in total. The summed E-state index contributed by atoms with van der Waals surface area (Å²) >= 11 is 3.22. The predicted molar refractivity (Wildman–Crippen MR) is 52.1 cm³/mol. The number of hydrogen-bond acceptors (Lipinski definition) is 3. The molecule has 1 aromatic carbocycles. The number of nitrogens with zero attached hydrogens (tertiary/aromatic N) is 1. The average molecular weight is 246 g/mol. The molecule has 0 radical (unpaired) electrons. The molecule has 0 heterocycles. The molecule has 0 saturated carbocycles. The van der Waals surface area contributed by atoms with E-state index in [9.17, 15) is 15.2 Å². The van der Waals surface area contributed by atoms with E-state index in [4.69, 9.17) is 0 Å². The van der Waals surface area contributed by atoms with Crippen LogP contribution in [0.3, 0.4) is 0 Å². The van der Waals surface area contributed by atoms with Crippen LogP contribution < -0.4 is 0 Å². The summed E-state index contributed by atoms with van der Waals surface area (Å²) in [6, 6.07) is 4.49. The van der Waals surface area contributed by atoms with Crippen molar-refractivity contribution in [3.05, 3.63) is 33.9 Å². The minimum Gasteiger partial charge on any atom is -0.502 e. The first-order chi connectivity index (χ1) is 6.04. The normalized spacial score (nSPS) is 12.5. The van der Waals surface area contributed by atoms with Crippen molar-refractivity contribution < 1.29 is 10.0 Å². The molecule has 0 amide bonds. The molecule has 1 unspecified atom stereocenters. The van der Waals surface area contributed by atoms with Crippen LogP contribution in [-0.4, -0.2) is 10.0 Å². The lowest BCUT2D eigenvalue weighted by molar-refractivity contribution is -0.386. The number of hydrogen-bond donors (Lipinski definition) is 1. The zero-order chi connectivity index (χ0) is 10.0. The van der Waals surface area contributed by atoms with Gasteiger partial charge in [-0.1, -0.05) is 28.1 Å². The van der Waals surface area contributed by atoms with Crippen LogP contribution in [0, 0.1) is 10.1 Å². The molecule has 1 aromatic rings. The maximum absolute atomic E-state index is 10.6. The second-order valence-electron chi connectivity index (χ2n) is 2.59. The Morgan fingerprint density at radius 1 is 1.62 bits per heavy atom. The highest BCUT2D eigenvalue weighted by Crippen LogP contribution is 2.36. The SMILES string of the molecule is CC(Br)c1cccc(O)c1[N+](=O)[O-]. The molecule has 5 heteroatoms. The second-order valence-corrected chi connectivity index (χ2v) is 3.96. The maximum atomic E-state index is 10.6. The van der Waals surface area contributed by atoms with Crippen LogP contribution in [-0.2, 0) is 0 Å². The molecule has 0 aliphatic carbocycles. The Bertz CT molecular complexity index is 338. The van der Waals surface area contributed by atoms with E-state index in [-0.39, 0.29) is 16.3 Å². The van der Waals surface area contributed by atoms with Crippen LogP contribution in [0.5, 0.6) is 5.75 Å². The number of aromatic hydroxyl groups is 1. The van der Waals surface area contributed by atoms with Crippen molar-refractivity contribution in [1.29, 1.82) is 0 Å². The first kappa shape index (κ1) is 9.98. The molecule has 1 atom stereocenters. The van der Waals surface area contributed by atoms with Crippen molar-refractivity contribution in [3.63, 3.8) is 0 Å². The van der Waals surface area contributed by atoms with Crippen molar-refractivity contribution in [2.45, 2.75) is 11.8 Å². The van der Waals surface area contributed by atoms with Gasteiger partial charge in [-0.05, 0) is 13.0 Å². The van der Waals surface area contributed by atoms with E-state index in [1.165, 1.54) is 6.07 Å². The fourth-order valence-electron chi connectivity index (χ4n) is 1.07. The van der Waals surface area contributed by atoms with E-state index in [1.807, 2.05) is 0 Å². The molecular formula is C8H8BrNO3. The summed E-state index contributed by atoms with van der Waals surface area (Å²) in [5, 5.41) is 19.8. The molecule has 0 bridgehead atoms. The highest BCUT2D eigenvalue weighted by molar-refractivity contribution is 9.09. The van der Waals surface area contributed by atoms with Crippen molar-refractivity contribution in [3.8, 4) is 5.75 Å². The van der Waals surface area contributed by atoms with Crippen molar-refractivity contribution in [2.75, 3.05) is 0 Å². The van der Waals surface area contributed by atoms with Gasteiger partial charge in [-0.2, -0.15) is 0 Å². The Labute approximate surface area is 83.5 Å². The second kappa shape index (κ2) is 3.74. The van der Waals surface area contributed by atoms with Gasteiger partial charge in [0.2, 0.25) is 0 Å². The first-order valence-corrected chi connectivity index (χ1v) is 4.56. The van der Waals surface area contributed by atoms with Crippen LogP contribution in [0.15, 0.2) is 18.2 Å². The number of para-hydroxylation sites is 1. The number of nitro benzene ring substituents is 1. The molecule has 0 aliphatic heterocycles. The van der Waals surface area contributed by atoms with Crippen LogP contribution in [0.25, 0.3) is 0 Å². The number of phenols is 1. The van der Waals surface area contributed by atoms with Gasteiger partial charge in [0.25, 0.3) is 0 Å². The van der Waals surface area contributed by atoms with E-state index in [0.29, 0.717) is 5.56 Å². The number of benzene rings is 1.